The van der Waals surface area contributed by atoms with E-state index in [1.54, 1.807) is 24.3 Å². The molecule has 2 aromatic rings. The first kappa shape index (κ1) is 21.8. The van der Waals surface area contributed by atoms with E-state index >= 15 is 0 Å². The molecule has 1 fully saturated rings. The van der Waals surface area contributed by atoms with Crippen molar-refractivity contribution in [2.75, 3.05) is 30.8 Å². The molecule has 1 aliphatic rings. The summed E-state index contributed by atoms with van der Waals surface area (Å²) in [5.41, 5.74) is 1.21. The van der Waals surface area contributed by atoms with Crippen molar-refractivity contribution in [3.05, 3.63) is 48.0 Å². The van der Waals surface area contributed by atoms with E-state index in [2.05, 4.69) is 10.6 Å². The second-order valence-electron chi connectivity index (χ2n) is 7.05. The molecule has 1 heterocycles. The van der Waals surface area contributed by atoms with Crippen LogP contribution in [0.15, 0.2) is 47.4 Å². The number of nitrogens with one attached hydrogen (secondary N) is 2. The molecule has 0 saturated carbocycles. The molecular weight excluding hydrogens is 406 g/mol. The van der Waals surface area contributed by atoms with Gasteiger partial charge in [0.05, 0.1) is 7.11 Å². The Morgan fingerprint density at radius 2 is 1.63 bits per heavy atom. The maximum atomic E-state index is 13.1. The van der Waals surface area contributed by atoms with Crippen LogP contribution in [0.3, 0.4) is 0 Å². The third-order valence-electron chi connectivity index (χ3n) is 4.80. The zero-order chi connectivity index (χ0) is 21.7. The first-order valence-corrected chi connectivity index (χ1v) is 11.1. The van der Waals surface area contributed by atoms with Crippen LogP contribution in [-0.4, -0.2) is 44.7 Å². The Balaban J connectivity index is 1.87. The molecule has 0 bridgehead atoms. The van der Waals surface area contributed by atoms with Gasteiger partial charge in [-0.1, -0.05) is 12.5 Å². The predicted molar refractivity (Wildman–Crippen MR) is 114 cm³/mol. The van der Waals surface area contributed by atoms with E-state index in [0.29, 0.717) is 24.5 Å². The lowest BCUT2D eigenvalue weighted by Gasteiger charge is -2.26. The van der Waals surface area contributed by atoms with Gasteiger partial charge in [0.15, 0.2) is 0 Å². The van der Waals surface area contributed by atoms with E-state index < -0.39 is 15.9 Å². The van der Waals surface area contributed by atoms with Gasteiger partial charge in [0.2, 0.25) is 15.9 Å². The van der Waals surface area contributed by atoms with Crippen LogP contribution in [0.1, 0.15) is 36.5 Å². The molecule has 0 atom stereocenters. The van der Waals surface area contributed by atoms with Gasteiger partial charge >= 0.3 is 0 Å². The number of carbonyl (C=O) groups excluding carboxylic acids is 2. The second kappa shape index (κ2) is 9.27. The standard InChI is InChI=1S/C21H25N3O5S/c1-15(25)22-17-7-6-8-18(14-17)23-21(26)16-9-10-19(29-2)20(13-16)30(27,28)24-11-4-3-5-12-24/h6-10,13-14H,3-5,11-12H2,1-2H3,(H,22,25)(H,23,26). The summed E-state index contributed by atoms with van der Waals surface area (Å²) in [6.07, 6.45) is 2.63. The SMILES string of the molecule is COc1ccc(C(=O)Nc2cccc(NC(C)=O)c2)cc1S(=O)(=O)N1CCCCC1. The average Bonchev–Trinajstić information content (AvgIpc) is 2.73. The van der Waals surface area contributed by atoms with Gasteiger partial charge in [-0.3, -0.25) is 9.59 Å². The molecule has 160 valence electrons. The molecule has 0 aliphatic carbocycles. The molecule has 2 N–H and O–H groups in total. The maximum absolute atomic E-state index is 13.1. The van der Waals surface area contributed by atoms with E-state index in [1.807, 2.05) is 0 Å². The molecule has 0 aromatic heterocycles. The molecule has 2 aromatic carbocycles. The molecule has 2 amide bonds. The van der Waals surface area contributed by atoms with E-state index in [1.165, 1.54) is 36.5 Å². The Bertz CT molecular complexity index is 1050. The van der Waals surface area contributed by atoms with Crippen LogP contribution >= 0.6 is 0 Å². The summed E-state index contributed by atoms with van der Waals surface area (Å²) in [7, 11) is -2.37. The molecule has 0 spiro atoms. The molecule has 1 saturated heterocycles. The number of hydrogen-bond donors (Lipinski definition) is 2. The number of benzene rings is 2. The third-order valence-corrected chi connectivity index (χ3v) is 6.72. The fourth-order valence-electron chi connectivity index (χ4n) is 3.35. The van der Waals surface area contributed by atoms with Crippen molar-refractivity contribution in [1.29, 1.82) is 0 Å². The number of amides is 2. The Morgan fingerprint density at radius 3 is 2.27 bits per heavy atom. The third kappa shape index (κ3) is 4.98. The summed E-state index contributed by atoms with van der Waals surface area (Å²) in [5, 5.41) is 5.38. The van der Waals surface area contributed by atoms with Crippen molar-refractivity contribution >= 4 is 33.2 Å². The lowest BCUT2D eigenvalue weighted by molar-refractivity contribution is -0.114. The number of ether oxygens (including phenoxy) is 1. The van der Waals surface area contributed by atoms with Crippen LogP contribution < -0.4 is 15.4 Å². The molecule has 9 heteroatoms. The first-order valence-electron chi connectivity index (χ1n) is 9.68. The van der Waals surface area contributed by atoms with Gasteiger partial charge in [-0.05, 0) is 49.2 Å². The second-order valence-corrected chi connectivity index (χ2v) is 8.95. The summed E-state index contributed by atoms with van der Waals surface area (Å²) in [4.78, 5) is 24.0. The fraction of sp³-hybridized carbons (Fsp3) is 0.333. The summed E-state index contributed by atoms with van der Waals surface area (Å²) < 4.78 is 32.9. The predicted octanol–water partition coefficient (Wildman–Crippen LogP) is 3.08. The largest absolute Gasteiger partial charge is 0.495 e. The van der Waals surface area contributed by atoms with Gasteiger partial charge < -0.3 is 15.4 Å². The van der Waals surface area contributed by atoms with Crippen molar-refractivity contribution in [2.45, 2.75) is 31.1 Å². The molecule has 0 unspecified atom stereocenters. The minimum absolute atomic E-state index is 0.0217. The fourth-order valence-corrected chi connectivity index (χ4v) is 5.04. The van der Waals surface area contributed by atoms with Gasteiger partial charge in [0.25, 0.3) is 5.91 Å². The van der Waals surface area contributed by atoms with Crippen molar-refractivity contribution in [1.82, 2.24) is 4.31 Å². The summed E-state index contributed by atoms with van der Waals surface area (Å²) in [5.74, 6) is -0.487. The van der Waals surface area contributed by atoms with Crippen LogP contribution in [0.4, 0.5) is 11.4 Å². The topological polar surface area (TPSA) is 105 Å². The summed E-state index contributed by atoms with van der Waals surface area (Å²) >= 11 is 0. The van der Waals surface area contributed by atoms with E-state index in [0.717, 1.165) is 19.3 Å². The maximum Gasteiger partial charge on any atom is 0.255 e. The highest BCUT2D eigenvalue weighted by Gasteiger charge is 2.29. The van der Waals surface area contributed by atoms with Gasteiger partial charge in [-0.15, -0.1) is 0 Å². The Hall–Kier alpha value is -2.91. The Kier molecular flexibility index (Phi) is 6.73. The first-order chi connectivity index (χ1) is 14.3. The normalized spacial score (nSPS) is 14.7. The van der Waals surface area contributed by atoms with E-state index in [9.17, 15) is 18.0 Å². The highest BCUT2D eigenvalue weighted by Crippen LogP contribution is 2.30. The molecule has 30 heavy (non-hydrogen) atoms. The van der Waals surface area contributed by atoms with E-state index in [-0.39, 0.29) is 22.1 Å². The number of carbonyl (C=O) groups is 2. The molecule has 3 rings (SSSR count). The number of sulfonamides is 1. The Morgan fingerprint density at radius 1 is 0.967 bits per heavy atom. The minimum atomic E-state index is -3.77. The summed E-state index contributed by atoms with van der Waals surface area (Å²) in [6, 6.07) is 11.0. The van der Waals surface area contributed by atoms with Crippen LogP contribution in [0.2, 0.25) is 0 Å². The average molecular weight is 432 g/mol. The number of piperidine rings is 1. The number of nitrogens with zero attached hydrogens (tertiary/aromatic N) is 1. The highest BCUT2D eigenvalue weighted by molar-refractivity contribution is 7.89. The quantitative estimate of drug-likeness (QED) is 0.731. The van der Waals surface area contributed by atoms with Crippen LogP contribution in [0, 0.1) is 0 Å². The van der Waals surface area contributed by atoms with Gasteiger partial charge in [-0.2, -0.15) is 4.31 Å². The van der Waals surface area contributed by atoms with E-state index in [4.69, 9.17) is 4.74 Å². The van der Waals surface area contributed by atoms with Crippen LogP contribution in [0.5, 0.6) is 5.75 Å². The number of methoxy groups -OCH3 is 1. The van der Waals surface area contributed by atoms with Crippen LogP contribution in [-0.2, 0) is 14.8 Å². The zero-order valence-corrected chi connectivity index (χ0v) is 17.8. The number of hydrogen-bond acceptors (Lipinski definition) is 5. The van der Waals surface area contributed by atoms with Crippen molar-refractivity contribution < 1.29 is 22.7 Å². The lowest BCUT2D eigenvalue weighted by atomic mass is 10.2. The molecular formula is C21H25N3O5S. The smallest absolute Gasteiger partial charge is 0.255 e. The van der Waals surface area contributed by atoms with Gasteiger partial charge in [-0.25, -0.2) is 8.42 Å². The van der Waals surface area contributed by atoms with Crippen molar-refractivity contribution in [3.63, 3.8) is 0 Å². The summed E-state index contributed by atoms with van der Waals surface area (Å²) in [6.45, 7) is 2.31. The number of rotatable bonds is 6. The minimum Gasteiger partial charge on any atom is -0.495 e. The molecule has 1 aliphatic heterocycles. The monoisotopic (exact) mass is 431 g/mol. The van der Waals surface area contributed by atoms with Crippen molar-refractivity contribution in [3.8, 4) is 5.75 Å². The Labute approximate surface area is 176 Å². The van der Waals surface area contributed by atoms with Crippen LogP contribution in [0.25, 0.3) is 0 Å². The number of anilines is 2. The zero-order valence-electron chi connectivity index (χ0n) is 17.0. The highest BCUT2D eigenvalue weighted by atomic mass is 32.2. The molecule has 0 radical (unpaired) electrons. The lowest BCUT2D eigenvalue weighted by Crippen LogP contribution is -2.35. The van der Waals surface area contributed by atoms with Gasteiger partial charge in [0, 0.05) is 37.0 Å². The van der Waals surface area contributed by atoms with Gasteiger partial charge in [0.1, 0.15) is 10.6 Å². The molecule has 8 nitrogen and oxygen atoms in total. The van der Waals surface area contributed by atoms with Crippen molar-refractivity contribution in [2.24, 2.45) is 0 Å².